The van der Waals surface area contributed by atoms with Gasteiger partial charge in [0.2, 0.25) is 11.8 Å². The number of hydrogen-bond acceptors (Lipinski definition) is 5. The van der Waals surface area contributed by atoms with Crippen molar-refractivity contribution in [2.45, 2.75) is 176 Å². The van der Waals surface area contributed by atoms with E-state index in [1.165, 1.54) is 38.9 Å². The number of rotatable bonds is 3. The third-order valence-electron chi connectivity index (χ3n) is 17.9. The molecule has 0 unspecified atom stereocenters. The first-order valence-corrected chi connectivity index (χ1v) is 22.6. The number of phenolic OH excluding ortho intramolecular Hbond substituents is 2. The monoisotopic (exact) mass is 834 g/mol. The summed E-state index contributed by atoms with van der Waals surface area (Å²) in [5, 5.41) is 33.3. The fourth-order valence-corrected chi connectivity index (χ4v) is 14.7. The van der Waals surface area contributed by atoms with Gasteiger partial charge in [0.25, 0.3) is 0 Å². The molecule has 0 spiro atoms. The number of carbonyl (C=O) groups excluding carboxylic acids is 2. The summed E-state index contributed by atoms with van der Waals surface area (Å²) < 4.78 is 0. The molecule has 3 aromatic carbocycles. The molecule has 0 radical (unpaired) electrons. The van der Waals surface area contributed by atoms with Crippen LogP contribution >= 0.6 is 0 Å². The van der Waals surface area contributed by atoms with Crippen molar-refractivity contribution in [3.63, 3.8) is 0 Å². The Balaban J connectivity index is 0.000000239. The van der Waals surface area contributed by atoms with Crippen molar-refractivity contribution in [3.8, 4) is 11.5 Å². The van der Waals surface area contributed by atoms with Crippen LogP contribution in [-0.2, 0) is 49.9 Å². The molecule has 3 aromatic rings. The zero-order chi connectivity index (χ0) is 42.3. The molecule has 3 saturated carbocycles. The van der Waals surface area contributed by atoms with E-state index in [2.05, 4.69) is 65.1 Å². The van der Waals surface area contributed by atoms with Crippen LogP contribution in [0.2, 0.25) is 0 Å². The van der Waals surface area contributed by atoms with Crippen LogP contribution in [0.5, 0.6) is 11.5 Å². The number of carboxylic acid groups (broad SMARTS) is 1. The molecule has 0 heterocycles. The molecular formula is C54H75NO6. The number of aryl methyl sites for hydroxylation is 4. The van der Waals surface area contributed by atoms with Crippen molar-refractivity contribution in [1.82, 2.24) is 5.32 Å². The van der Waals surface area contributed by atoms with Crippen molar-refractivity contribution in [2.75, 3.05) is 0 Å². The van der Waals surface area contributed by atoms with E-state index in [9.17, 15) is 29.7 Å². The topological polar surface area (TPSA) is 124 Å². The number of carboxylic acids is 1. The van der Waals surface area contributed by atoms with Gasteiger partial charge in [-0.15, -0.1) is 0 Å². The Morgan fingerprint density at radius 2 is 0.869 bits per heavy atom. The Morgan fingerprint density at radius 1 is 0.525 bits per heavy atom. The quantitative estimate of drug-likeness (QED) is 0.195. The maximum atomic E-state index is 14.2. The van der Waals surface area contributed by atoms with Gasteiger partial charge in [0.05, 0.1) is 16.2 Å². The molecular weight excluding hydrogens is 759 g/mol. The lowest BCUT2D eigenvalue weighted by atomic mass is 9.49. The van der Waals surface area contributed by atoms with Crippen LogP contribution in [-0.4, -0.2) is 33.1 Å². The number of imide groups is 1. The molecule has 0 aliphatic heterocycles. The highest BCUT2D eigenvalue weighted by molar-refractivity contribution is 6.01. The molecule has 6 aliphatic rings. The maximum Gasteiger partial charge on any atom is 0.309 e. The number of benzene rings is 3. The van der Waals surface area contributed by atoms with Gasteiger partial charge in [0, 0.05) is 0 Å². The zero-order valence-electron chi connectivity index (χ0n) is 36.6. The van der Waals surface area contributed by atoms with E-state index in [-0.39, 0.29) is 72.2 Å². The summed E-state index contributed by atoms with van der Waals surface area (Å²) in [4.78, 5) is 40.2. The van der Waals surface area contributed by atoms with Crippen molar-refractivity contribution in [2.24, 2.45) is 34.0 Å². The van der Waals surface area contributed by atoms with Gasteiger partial charge in [-0.05, 0) is 183 Å². The van der Waals surface area contributed by atoms with Gasteiger partial charge in [-0.25, -0.2) is 0 Å². The first kappa shape index (κ1) is 46.4. The number of hydrogen-bond donors (Lipinski definition) is 4. The molecule has 61 heavy (non-hydrogen) atoms. The van der Waals surface area contributed by atoms with E-state index >= 15 is 0 Å². The second-order valence-electron chi connectivity index (χ2n) is 21.3. The van der Waals surface area contributed by atoms with E-state index in [0.717, 1.165) is 96.3 Å². The first-order chi connectivity index (χ1) is 27.8. The average molecular weight is 834 g/mol. The van der Waals surface area contributed by atoms with Crippen molar-refractivity contribution in [3.05, 3.63) is 93.5 Å². The van der Waals surface area contributed by atoms with Gasteiger partial charge in [0.15, 0.2) is 0 Å². The molecule has 6 aliphatic carbocycles. The minimum atomic E-state index is -0.648. The predicted octanol–water partition coefficient (Wildman–Crippen LogP) is 11.8. The van der Waals surface area contributed by atoms with E-state index in [4.69, 9.17) is 0 Å². The van der Waals surface area contributed by atoms with Crippen molar-refractivity contribution < 1.29 is 29.7 Å². The summed E-state index contributed by atoms with van der Waals surface area (Å²) in [6.45, 7) is 15.0. The fourth-order valence-electron chi connectivity index (χ4n) is 14.7. The molecule has 332 valence electrons. The van der Waals surface area contributed by atoms with E-state index in [1.807, 2.05) is 31.2 Å². The van der Waals surface area contributed by atoms with Crippen molar-refractivity contribution in [1.29, 1.82) is 0 Å². The summed E-state index contributed by atoms with van der Waals surface area (Å²) in [5.41, 5.74) is 6.78. The number of phenols is 2. The predicted molar refractivity (Wildman–Crippen MR) is 245 cm³/mol. The summed E-state index contributed by atoms with van der Waals surface area (Å²) >= 11 is 0. The maximum absolute atomic E-state index is 14.2. The van der Waals surface area contributed by atoms with Crippen LogP contribution in [0.25, 0.3) is 0 Å². The lowest BCUT2D eigenvalue weighted by Gasteiger charge is -2.56. The fraction of sp³-hybridized carbons (Fsp3) is 0.611. The van der Waals surface area contributed by atoms with Crippen LogP contribution in [0.3, 0.4) is 0 Å². The number of nitrogens with one attached hydrogen (secondary N) is 1. The Bertz CT molecular complexity index is 2090. The summed E-state index contributed by atoms with van der Waals surface area (Å²) in [5.74, 6) is 0.157. The summed E-state index contributed by atoms with van der Waals surface area (Å²) in [6, 6.07) is 18.1. The Kier molecular flexibility index (Phi) is 12.3. The standard InChI is InChI=1S/C34H43NO4.C18H24O2.2CH4/c1-31-15-5-17-33(3,27(31)13-9-21-7-11-23(36)19-25(21)31)29(38)35-30(39)34(4)18-6-16-32(2)26-20-24(37)12-8-22(26)10-14-28(32)34;1-12-5-6-13-7-8-15-17(2,14(13)11-12)9-4-10-18(15,3)16(19)20;;/h7-8,11-12,19-20,27-28,36-37H,5-6,9-10,13-18H2,1-4H3,(H,35,38,39);5-6,11,15H,4,7-10H2,1-3H3,(H,19,20);2*1H4/t27-,28-,31-,32-,33+,34+;15-,17-,18+;;/m11../s1. The van der Waals surface area contributed by atoms with Crippen LogP contribution in [0.4, 0.5) is 0 Å². The third-order valence-corrected chi connectivity index (χ3v) is 17.9. The smallest absolute Gasteiger partial charge is 0.309 e. The molecule has 0 aromatic heterocycles. The lowest BCUT2D eigenvalue weighted by Crippen LogP contribution is -2.60. The third kappa shape index (κ3) is 7.22. The molecule has 0 saturated heterocycles. The minimum Gasteiger partial charge on any atom is -0.508 e. The van der Waals surface area contributed by atoms with Gasteiger partial charge in [0.1, 0.15) is 11.5 Å². The molecule has 7 nitrogen and oxygen atoms in total. The van der Waals surface area contributed by atoms with Crippen LogP contribution in [0, 0.1) is 40.9 Å². The van der Waals surface area contributed by atoms with Crippen LogP contribution < -0.4 is 5.32 Å². The first-order valence-electron chi connectivity index (χ1n) is 22.6. The SMILES string of the molecule is C.C.C[C@]1(C(=O)NC(=O)[C@@]2(C)CCC[C@]3(C)c4cc(O)ccc4CC[C@@H]23)CCC[C@]2(C)c3cc(O)ccc3CC[C@@H]12.Cc1ccc2c(c1)[C@@]1(C)CCC[C@](C)(C(=O)O)[C@@H]1CC2. The number of amides is 2. The highest BCUT2D eigenvalue weighted by atomic mass is 16.4. The lowest BCUT2D eigenvalue weighted by molar-refractivity contribution is -0.157. The Hall–Kier alpha value is -4.13. The van der Waals surface area contributed by atoms with Crippen LogP contribution in [0.1, 0.15) is 172 Å². The Morgan fingerprint density at radius 3 is 1.26 bits per heavy atom. The second kappa shape index (κ2) is 16.2. The Labute approximate surface area is 366 Å². The van der Waals surface area contributed by atoms with Gasteiger partial charge in [-0.3, -0.25) is 19.7 Å². The molecule has 3 fully saturated rings. The van der Waals surface area contributed by atoms with Crippen LogP contribution in [0.15, 0.2) is 54.6 Å². The van der Waals surface area contributed by atoms with Gasteiger partial charge in [-0.1, -0.05) is 105 Å². The second-order valence-corrected chi connectivity index (χ2v) is 21.3. The molecule has 7 heteroatoms. The van der Waals surface area contributed by atoms with E-state index in [0.29, 0.717) is 0 Å². The zero-order valence-corrected chi connectivity index (χ0v) is 36.6. The highest BCUT2D eigenvalue weighted by Crippen LogP contribution is 2.61. The minimum absolute atomic E-state index is 0. The van der Waals surface area contributed by atoms with Gasteiger partial charge in [-0.2, -0.15) is 0 Å². The van der Waals surface area contributed by atoms with Crippen molar-refractivity contribution >= 4 is 17.8 Å². The molecule has 4 N–H and O–H groups in total. The number of aromatic hydroxyl groups is 2. The summed E-state index contributed by atoms with van der Waals surface area (Å²) in [6.07, 6.45) is 13.9. The number of aliphatic carboxylic acids is 1. The van der Waals surface area contributed by atoms with E-state index < -0.39 is 22.2 Å². The molecule has 9 rings (SSSR count). The molecule has 9 atom stereocenters. The normalized spacial score (nSPS) is 35.5. The average Bonchev–Trinajstić information content (AvgIpc) is 3.18. The number of fused-ring (bicyclic) bond motifs is 9. The molecule has 0 bridgehead atoms. The van der Waals surface area contributed by atoms with Gasteiger partial charge < -0.3 is 15.3 Å². The highest BCUT2D eigenvalue weighted by Gasteiger charge is 2.59. The summed E-state index contributed by atoms with van der Waals surface area (Å²) in [7, 11) is 0. The molecule has 2 amide bonds. The van der Waals surface area contributed by atoms with E-state index in [1.54, 1.807) is 12.1 Å². The van der Waals surface area contributed by atoms with Gasteiger partial charge >= 0.3 is 5.97 Å². The largest absolute Gasteiger partial charge is 0.508 e. The number of carbonyl (C=O) groups is 3.